The van der Waals surface area contributed by atoms with Gasteiger partial charge in [0, 0.05) is 13.2 Å². The normalized spacial score (nSPS) is 26.4. The molecule has 0 bridgehead atoms. The maximum absolute atomic E-state index is 9.61. The van der Waals surface area contributed by atoms with E-state index in [1.807, 2.05) is 0 Å². The maximum Gasteiger partial charge on any atom is 0.0569 e. The van der Waals surface area contributed by atoms with Gasteiger partial charge in [-0.05, 0) is 43.9 Å². The van der Waals surface area contributed by atoms with Crippen LogP contribution in [0, 0.1) is 11.8 Å². The lowest BCUT2D eigenvalue weighted by atomic mass is 10.0. The highest BCUT2D eigenvalue weighted by atomic mass is 16.5. The van der Waals surface area contributed by atoms with Gasteiger partial charge in [-0.3, -0.25) is 0 Å². The van der Waals surface area contributed by atoms with Crippen LogP contribution in [0.4, 0.5) is 0 Å². The van der Waals surface area contributed by atoms with Crippen LogP contribution < -0.4 is 0 Å². The van der Waals surface area contributed by atoms with Crippen molar-refractivity contribution in [1.82, 2.24) is 0 Å². The van der Waals surface area contributed by atoms with Gasteiger partial charge >= 0.3 is 0 Å². The first-order chi connectivity index (χ1) is 7.20. The van der Waals surface area contributed by atoms with Crippen LogP contribution in [-0.2, 0) is 4.74 Å². The third-order valence-electron chi connectivity index (χ3n) is 3.32. The zero-order chi connectivity index (χ0) is 11.1. The summed E-state index contributed by atoms with van der Waals surface area (Å²) in [6.07, 6.45) is 6.80. The molecule has 2 atom stereocenters. The smallest absolute Gasteiger partial charge is 0.0569 e. The number of aliphatic hydroxyl groups is 1. The van der Waals surface area contributed by atoms with Crippen LogP contribution in [0.5, 0.6) is 0 Å². The molecule has 1 aliphatic rings. The highest BCUT2D eigenvalue weighted by Crippen LogP contribution is 2.27. The molecule has 0 amide bonds. The number of aliphatic hydroxyl groups excluding tert-OH is 1. The summed E-state index contributed by atoms with van der Waals surface area (Å²) in [5, 5.41) is 9.61. The average molecular weight is 214 g/mol. The molecular weight excluding hydrogens is 188 g/mol. The fourth-order valence-corrected chi connectivity index (χ4v) is 2.28. The van der Waals surface area contributed by atoms with Gasteiger partial charge in [0.2, 0.25) is 0 Å². The van der Waals surface area contributed by atoms with Crippen LogP contribution >= 0.6 is 0 Å². The summed E-state index contributed by atoms with van der Waals surface area (Å²) >= 11 is 0. The Kier molecular flexibility index (Phi) is 6.26. The summed E-state index contributed by atoms with van der Waals surface area (Å²) in [6.45, 7) is 6.21. The third-order valence-corrected chi connectivity index (χ3v) is 3.32. The second-order valence-corrected chi connectivity index (χ2v) is 5.20. The van der Waals surface area contributed by atoms with Crippen LogP contribution in [0.1, 0.15) is 52.4 Å². The molecule has 0 heterocycles. The van der Waals surface area contributed by atoms with Crippen LogP contribution in [0.3, 0.4) is 0 Å². The van der Waals surface area contributed by atoms with E-state index in [2.05, 4.69) is 13.8 Å². The fraction of sp³-hybridized carbons (Fsp3) is 1.00. The molecule has 0 radical (unpaired) electrons. The lowest BCUT2D eigenvalue weighted by Crippen LogP contribution is -2.15. The molecule has 0 aromatic rings. The predicted octanol–water partition coefficient (Wildman–Crippen LogP) is 2.99. The predicted molar refractivity (Wildman–Crippen MR) is 62.9 cm³/mol. The molecule has 0 spiro atoms. The van der Waals surface area contributed by atoms with Crippen LogP contribution in [0.25, 0.3) is 0 Å². The lowest BCUT2D eigenvalue weighted by molar-refractivity contribution is 0.0788. The Bertz CT molecular complexity index is 157. The second-order valence-electron chi connectivity index (χ2n) is 5.20. The topological polar surface area (TPSA) is 29.5 Å². The molecule has 2 nitrogen and oxygen atoms in total. The van der Waals surface area contributed by atoms with Gasteiger partial charge in [-0.1, -0.05) is 20.3 Å². The molecule has 0 aromatic carbocycles. The number of ether oxygens (including phenoxy) is 1. The molecule has 0 aromatic heterocycles. The summed E-state index contributed by atoms with van der Waals surface area (Å²) in [5.74, 6) is 1.29. The largest absolute Gasteiger partial charge is 0.393 e. The van der Waals surface area contributed by atoms with Crippen molar-refractivity contribution in [3.8, 4) is 0 Å². The molecule has 90 valence electrons. The Hall–Kier alpha value is -0.0800. The summed E-state index contributed by atoms with van der Waals surface area (Å²) in [7, 11) is 0. The van der Waals surface area contributed by atoms with E-state index < -0.39 is 0 Å². The maximum atomic E-state index is 9.61. The van der Waals surface area contributed by atoms with Gasteiger partial charge in [0.05, 0.1) is 6.10 Å². The Morgan fingerprint density at radius 2 is 2.07 bits per heavy atom. The van der Waals surface area contributed by atoms with Crippen molar-refractivity contribution in [3.05, 3.63) is 0 Å². The minimum absolute atomic E-state index is 0.0516. The number of rotatable bonds is 7. The van der Waals surface area contributed by atoms with Gasteiger partial charge < -0.3 is 9.84 Å². The zero-order valence-electron chi connectivity index (χ0n) is 10.2. The van der Waals surface area contributed by atoms with E-state index >= 15 is 0 Å². The zero-order valence-corrected chi connectivity index (χ0v) is 10.2. The Morgan fingerprint density at radius 3 is 2.67 bits per heavy atom. The Labute approximate surface area is 94.0 Å². The summed E-state index contributed by atoms with van der Waals surface area (Å²) < 4.78 is 5.58. The molecule has 1 fully saturated rings. The van der Waals surface area contributed by atoms with Crippen molar-refractivity contribution in [2.75, 3.05) is 13.2 Å². The van der Waals surface area contributed by atoms with Gasteiger partial charge in [0.25, 0.3) is 0 Å². The molecule has 1 N–H and O–H groups in total. The standard InChI is InChI=1S/C13H26O2/c1-11(2)5-4-9-15-10-8-12-6-3-7-13(12)14/h11-14H,3-10H2,1-2H3. The molecule has 0 aliphatic heterocycles. The van der Waals surface area contributed by atoms with Gasteiger partial charge in [-0.2, -0.15) is 0 Å². The first-order valence-corrected chi connectivity index (χ1v) is 6.46. The van der Waals surface area contributed by atoms with E-state index in [4.69, 9.17) is 4.74 Å². The fourth-order valence-electron chi connectivity index (χ4n) is 2.28. The van der Waals surface area contributed by atoms with Crippen molar-refractivity contribution < 1.29 is 9.84 Å². The molecule has 0 saturated heterocycles. The quantitative estimate of drug-likeness (QED) is 0.660. The molecule has 15 heavy (non-hydrogen) atoms. The van der Waals surface area contributed by atoms with E-state index in [0.717, 1.165) is 32.0 Å². The first kappa shape index (κ1) is 13.0. The van der Waals surface area contributed by atoms with E-state index in [-0.39, 0.29) is 6.10 Å². The summed E-state index contributed by atoms with van der Waals surface area (Å²) in [4.78, 5) is 0. The van der Waals surface area contributed by atoms with Crippen molar-refractivity contribution in [2.45, 2.75) is 58.5 Å². The van der Waals surface area contributed by atoms with Gasteiger partial charge in [-0.25, -0.2) is 0 Å². The highest BCUT2D eigenvalue weighted by Gasteiger charge is 2.24. The molecule has 2 unspecified atom stereocenters. The van der Waals surface area contributed by atoms with E-state index in [9.17, 15) is 5.11 Å². The minimum Gasteiger partial charge on any atom is -0.393 e. The molecular formula is C13H26O2. The minimum atomic E-state index is -0.0516. The summed E-state index contributed by atoms with van der Waals surface area (Å²) in [6, 6.07) is 0. The number of hydrogen-bond donors (Lipinski definition) is 1. The van der Waals surface area contributed by atoms with Crippen LogP contribution in [0.15, 0.2) is 0 Å². The highest BCUT2D eigenvalue weighted by molar-refractivity contribution is 4.76. The van der Waals surface area contributed by atoms with Crippen LogP contribution in [-0.4, -0.2) is 24.4 Å². The van der Waals surface area contributed by atoms with Gasteiger partial charge in [-0.15, -0.1) is 0 Å². The monoisotopic (exact) mass is 214 g/mol. The lowest BCUT2D eigenvalue weighted by Gasteiger charge is -2.14. The van der Waals surface area contributed by atoms with Crippen molar-refractivity contribution in [3.63, 3.8) is 0 Å². The van der Waals surface area contributed by atoms with E-state index in [1.54, 1.807) is 0 Å². The van der Waals surface area contributed by atoms with Crippen LogP contribution in [0.2, 0.25) is 0 Å². The molecule has 1 saturated carbocycles. The van der Waals surface area contributed by atoms with Gasteiger partial charge in [0.15, 0.2) is 0 Å². The van der Waals surface area contributed by atoms with E-state index in [1.165, 1.54) is 25.7 Å². The SMILES string of the molecule is CC(C)CCCOCCC1CCCC1O. The van der Waals surface area contributed by atoms with Gasteiger partial charge in [0.1, 0.15) is 0 Å². The van der Waals surface area contributed by atoms with Crippen molar-refractivity contribution in [1.29, 1.82) is 0 Å². The molecule has 1 rings (SSSR count). The third kappa shape index (κ3) is 5.53. The molecule has 2 heteroatoms. The first-order valence-electron chi connectivity index (χ1n) is 6.46. The molecule has 1 aliphatic carbocycles. The van der Waals surface area contributed by atoms with E-state index in [0.29, 0.717) is 5.92 Å². The summed E-state index contributed by atoms with van der Waals surface area (Å²) in [5.41, 5.74) is 0. The Balaban J connectivity index is 1.88. The Morgan fingerprint density at radius 1 is 1.27 bits per heavy atom. The average Bonchev–Trinajstić information content (AvgIpc) is 2.57. The van der Waals surface area contributed by atoms with Crippen molar-refractivity contribution in [2.24, 2.45) is 11.8 Å². The number of hydrogen-bond acceptors (Lipinski definition) is 2. The second kappa shape index (κ2) is 7.24. The van der Waals surface area contributed by atoms with Crippen molar-refractivity contribution >= 4 is 0 Å².